The van der Waals surface area contributed by atoms with Crippen molar-refractivity contribution in [2.45, 2.75) is 46.0 Å². The van der Waals surface area contributed by atoms with Crippen LogP contribution in [0.1, 0.15) is 50.2 Å². The van der Waals surface area contributed by atoms with Crippen LogP contribution in [0.3, 0.4) is 0 Å². The molecule has 2 aromatic carbocycles. The molecule has 2 aliphatic rings. The number of benzene rings is 2. The molecule has 156 valence electrons. The van der Waals surface area contributed by atoms with Gasteiger partial charge in [0.15, 0.2) is 5.78 Å². The molecule has 0 bridgehead atoms. The monoisotopic (exact) mass is 423 g/mol. The Hall–Kier alpha value is -2.59. The molecule has 5 heteroatoms. The summed E-state index contributed by atoms with van der Waals surface area (Å²) >= 11 is 6.26. The molecule has 4 rings (SSSR count). The highest BCUT2D eigenvalue weighted by Gasteiger charge is 2.44. The second-order valence-electron chi connectivity index (χ2n) is 8.99. The third-order valence-electron chi connectivity index (χ3n) is 6.07. The van der Waals surface area contributed by atoms with Crippen LogP contribution in [0.4, 0.5) is 5.69 Å². The van der Waals surface area contributed by atoms with Crippen molar-refractivity contribution in [3.8, 4) is 5.75 Å². The number of Topliss-reactive ketones (excluding diaryl/α,β-unsaturated/α-hetero) is 1. The van der Waals surface area contributed by atoms with Crippen LogP contribution in [0, 0.1) is 12.3 Å². The number of hydrogen-bond acceptors (Lipinski definition) is 3. The van der Waals surface area contributed by atoms with Crippen molar-refractivity contribution < 1.29 is 14.3 Å². The Bertz CT molecular complexity index is 1050. The summed E-state index contributed by atoms with van der Waals surface area (Å²) in [7, 11) is 1.62. The summed E-state index contributed by atoms with van der Waals surface area (Å²) in [5, 5.41) is 0.573. The summed E-state index contributed by atoms with van der Waals surface area (Å²) in [5.74, 6) is 0.629. The summed E-state index contributed by atoms with van der Waals surface area (Å²) in [5.41, 5.74) is 4.06. The van der Waals surface area contributed by atoms with Gasteiger partial charge in [-0.05, 0) is 54.2 Å². The van der Waals surface area contributed by atoms with Gasteiger partial charge in [0.2, 0.25) is 5.91 Å². The summed E-state index contributed by atoms with van der Waals surface area (Å²) in [4.78, 5) is 28.5. The number of anilines is 1. The zero-order chi connectivity index (χ0) is 21.6. The first-order chi connectivity index (χ1) is 14.2. The molecular weight excluding hydrogens is 398 g/mol. The van der Waals surface area contributed by atoms with Crippen LogP contribution >= 0.6 is 11.6 Å². The molecule has 0 fully saturated rings. The Balaban J connectivity index is 1.90. The van der Waals surface area contributed by atoms with Gasteiger partial charge in [-0.15, -0.1) is 0 Å². The van der Waals surface area contributed by atoms with Gasteiger partial charge in [-0.3, -0.25) is 14.5 Å². The molecule has 1 aliphatic carbocycles. The number of rotatable bonds is 3. The first kappa shape index (κ1) is 20.7. The molecule has 0 radical (unpaired) electrons. The lowest BCUT2D eigenvalue weighted by molar-refractivity contribution is -0.121. The number of carbonyl (C=O) groups excluding carboxylic acids is 2. The Morgan fingerprint density at radius 2 is 1.77 bits per heavy atom. The molecule has 1 amide bonds. The Morgan fingerprint density at radius 3 is 2.43 bits per heavy atom. The Labute approximate surface area is 182 Å². The lowest BCUT2D eigenvalue weighted by atomic mass is 9.69. The van der Waals surface area contributed by atoms with Gasteiger partial charge in [-0.2, -0.15) is 0 Å². The third kappa shape index (κ3) is 3.65. The molecule has 0 saturated carbocycles. The van der Waals surface area contributed by atoms with Crippen LogP contribution in [-0.4, -0.2) is 18.8 Å². The zero-order valence-corrected chi connectivity index (χ0v) is 18.5. The van der Waals surface area contributed by atoms with E-state index in [1.165, 1.54) is 0 Å². The number of aryl methyl sites for hydroxylation is 1. The van der Waals surface area contributed by atoms with E-state index in [4.69, 9.17) is 16.3 Å². The minimum atomic E-state index is -0.238. The highest BCUT2D eigenvalue weighted by molar-refractivity contribution is 6.31. The van der Waals surface area contributed by atoms with E-state index in [1.54, 1.807) is 12.0 Å². The van der Waals surface area contributed by atoms with Crippen molar-refractivity contribution in [3.05, 3.63) is 69.9 Å². The summed E-state index contributed by atoms with van der Waals surface area (Å²) < 4.78 is 5.27. The van der Waals surface area contributed by atoms with Crippen molar-refractivity contribution in [2.75, 3.05) is 12.0 Å². The van der Waals surface area contributed by atoms with Crippen LogP contribution < -0.4 is 9.64 Å². The normalized spacial score (nSPS) is 21.0. The number of allylic oxidation sites excluding steroid dienone is 2. The van der Waals surface area contributed by atoms with Gasteiger partial charge in [0.05, 0.1) is 12.8 Å². The molecule has 4 nitrogen and oxygen atoms in total. The van der Waals surface area contributed by atoms with Crippen molar-refractivity contribution >= 4 is 29.0 Å². The Morgan fingerprint density at radius 1 is 1.07 bits per heavy atom. The van der Waals surface area contributed by atoms with Crippen molar-refractivity contribution in [2.24, 2.45) is 5.41 Å². The molecule has 2 aromatic rings. The maximum atomic E-state index is 13.5. The number of halogens is 1. The van der Waals surface area contributed by atoms with E-state index >= 15 is 0 Å². The fraction of sp³-hybridized carbons (Fsp3) is 0.360. The fourth-order valence-electron chi connectivity index (χ4n) is 4.64. The molecule has 1 unspecified atom stereocenters. The average Bonchev–Trinajstić information content (AvgIpc) is 2.68. The number of ketones is 1. The van der Waals surface area contributed by atoms with Crippen LogP contribution in [0.2, 0.25) is 5.02 Å². The molecule has 1 atom stereocenters. The van der Waals surface area contributed by atoms with E-state index in [0.29, 0.717) is 17.9 Å². The smallest absolute Gasteiger partial charge is 0.232 e. The number of hydrogen-bond donors (Lipinski definition) is 0. The van der Waals surface area contributed by atoms with E-state index in [0.717, 1.165) is 33.8 Å². The number of amides is 1. The second kappa shape index (κ2) is 7.59. The predicted molar refractivity (Wildman–Crippen MR) is 119 cm³/mol. The quantitative estimate of drug-likeness (QED) is 0.624. The van der Waals surface area contributed by atoms with Gasteiger partial charge >= 0.3 is 0 Å². The largest absolute Gasteiger partial charge is 0.497 e. The van der Waals surface area contributed by atoms with Crippen molar-refractivity contribution in [1.82, 2.24) is 0 Å². The van der Waals surface area contributed by atoms with Gasteiger partial charge in [-0.1, -0.05) is 43.6 Å². The standard InChI is InChI=1S/C25H26ClNO3/c1-15-5-8-17(26)11-20(15)27-21-13-25(2,3)14-22(28)24(21)19(12-23(27)29)16-6-9-18(30-4)10-7-16/h5-11,19H,12-14H2,1-4H3. The lowest BCUT2D eigenvalue weighted by Crippen LogP contribution is -2.44. The van der Waals surface area contributed by atoms with Gasteiger partial charge in [0.1, 0.15) is 5.75 Å². The molecule has 0 saturated heterocycles. The molecule has 1 aliphatic heterocycles. The lowest BCUT2D eigenvalue weighted by Gasteiger charge is -2.43. The van der Waals surface area contributed by atoms with E-state index in [2.05, 4.69) is 13.8 Å². The van der Waals surface area contributed by atoms with Crippen LogP contribution in [0.25, 0.3) is 0 Å². The van der Waals surface area contributed by atoms with Gasteiger partial charge in [-0.25, -0.2) is 0 Å². The highest BCUT2D eigenvalue weighted by Crippen LogP contribution is 2.48. The van der Waals surface area contributed by atoms with E-state index < -0.39 is 0 Å². The number of nitrogens with zero attached hydrogens (tertiary/aromatic N) is 1. The van der Waals surface area contributed by atoms with Gasteiger partial charge in [0, 0.05) is 35.1 Å². The number of ether oxygens (including phenoxy) is 1. The summed E-state index contributed by atoms with van der Waals surface area (Å²) in [6.07, 6.45) is 1.40. The van der Waals surface area contributed by atoms with Crippen LogP contribution in [0.15, 0.2) is 53.7 Å². The molecule has 0 spiro atoms. The van der Waals surface area contributed by atoms with Crippen molar-refractivity contribution in [1.29, 1.82) is 0 Å². The summed E-state index contributed by atoms with van der Waals surface area (Å²) in [6.45, 7) is 6.13. The molecule has 1 heterocycles. The maximum absolute atomic E-state index is 13.5. The average molecular weight is 424 g/mol. The molecule has 0 aromatic heterocycles. The van der Waals surface area contributed by atoms with Gasteiger partial charge in [0.25, 0.3) is 0 Å². The SMILES string of the molecule is COc1ccc(C2CC(=O)N(c3cc(Cl)ccc3C)C3=C2C(=O)CC(C)(C)C3)cc1. The van der Waals surface area contributed by atoms with Crippen molar-refractivity contribution in [3.63, 3.8) is 0 Å². The molecule has 0 N–H and O–H groups in total. The minimum absolute atomic E-state index is 0.00886. The Kier molecular flexibility index (Phi) is 5.23. The third-order valence-corrected chi connectivity index (χ3v) is 6.31. The number of methoxy groups -OCH3 is 1. The second-order valence-corrected chi connectivity index (χ2v) is 9.43. The predicted octanol–water partition coefficient (Wildman–Crippen LogP) is 5.82. The fourth-order valence-corrected chi connectivity index (χ4v) is 4.81. The summed E-state index contributed by atoms with van der Waals surface area (Å²) in [6, 6.07) is 13.2. The molecular formula is C25H26ClNO3. The van der Waals surface area contributed by atoms with E-state index in [1.807, 2.05) is 49.4 Å². The van der Waals surface area contributed by atoms with E-state index in [-0.39, 0.29) is 29.4 Å². The topological polar surface area (TPSA) is 46.6 Å². The number of carbonyl (C=O) groups is 2. The van der Waals surface area contributed by atoms with Crippen LogP contribution in [-0.2, 0) is 9.59 Å². The first-order valence-corrected chi connectivity index (χ1v) is 10.6. The van der Waals surface area contributed by atoms with Crippen LogP contribution in [0.5, 0.6) is 5.75 Å². The maximum Gasteiger partial charge on any atom is 0.232 e. The zero-order valence-electron chi connectivity index (χ0n) is 17.8. The highest BCUT2D eigenvalue weighted by atomic mass is 35.5. The minimum Gasteiger partial charge on any atom is -0.497 e. The van der Waals surface area contributed by atoms with E-state index in [9.17, 15) is 9.59 Å². The molecule has 30 heavy (non-hydrogen) atoms. The first-order valence-electron chi connectivity index (χ1n) is 10.2. The van der Waals surface area contributed by atoms with Gasteiger partial charge < -0.3 is 4.74 Å².